The van der Waals surface area contributed by atoms with Gasteiger partial charge in [0.1, 0.15) is 0 Å². The third-order valence-electron chi connectivity index (χ3n) is 4.41. The van der Waals surface area contributed by atoms with E-state index in [4.69, 9.17) is 12.2 Å². The van der Waals surface area contributed by atoms with E-state index in [9.17, 15) is 4.79 Å². The van der Waals surface area contributed by atoms with Crippen LogP contribution in [-0.4, -0.2) is 11.0 Å². The summed E-state index contributed by atoms with van der Waals surface area (Å²) in [7, 11) is 0. The Hall–Kier alpha value is -1.62. The van der Waals surface area contributed by atoms with Gasteiger partial charge in [-0.05, 0) is 55.4 Å². The summed E-state index contributed by atoms with van der Waals surface area (Å²) >= 11 is 5.16. The fraction of sp³-hybridized carbons (Fsp3) is 0.467. The molecule has 4 nitrogen and oxygen atoms in total. The molecule has 0 spiro atoms. The number of carbonyl (C=O) groups is 1. The number of hydrazine groups is 1. The van der Waals surface area contributed by atoms with Gasteiger partial charge < -0.3 is 5.32 Å². The molecule has 2 fully saturated rings. The maximum absolute atomic E-state index is 12.1. The van der Waals surface area contributed by atoms with Crippen LogP contribution in [0.1, 0.15) is 25.7 Å². The molecule has 3 atom stereocenters. The topological polar surface area (TPSA) is 53.2 Å². The Morgan fingerprint density at radius 3 is 2.55 bits per heavy atom. The highest BCUT2D eigenvalue weighted by atomic mass is 32.1. The number of hydrogen-bond donors (Lipinski definition) is 3. The van der Waals surface area contributed by atoms with Crippen LogP contribution in [0.15, 0.2) is 30.3 Å². The van der Waals surface area contributed by atoms with Crippen LogP contribution >= 0.6 is 12.2 Å². The first-order valence-electron chi connectivity index (χ1n) is 7.14. The molecule has 0 radical (unpaired) electrons. The van der Waals surface area contributed by atoms with Crippen LogP contribution in [0.2, 0.25) is 0 Å². The molecule has 1 amide bonds. The summed E-state index contributed by atoms with van der Waals surface area (Å²) < 4.78 is 0. The minimum atomic E-state index is 0.0782. The van der Waals surface area contributed by atoms with Crippen LogP contribution in [0.25, 0.3) is 0 Å². The lowest BCUT2D eigenvalue weighted by atomic mass is 9.88. The van der Waals surface area contributed by atoms with Crippen molar-refractivity contribution in [2.45, 2.75) is 25.7 Å². The molecule has 5 heteroatoms. The van der Waals surface area contributed by atoms with Gasteiger partial charge in [0.15, 0.2) is 5.11 Å². The van der Waals surface area contributed by atoms with Gasteiger partial charge in [0.05, 0.1) is 0 Å². The Kier molecular flexibility index (Phi) is 3.87. The fourth-order valence-electron chi connectivity index (χ4n) is 3.46. The zero-order chi connectivity index (χ0) is 13.9. The summed E-state index contributed by atoms with van der Waals surface area (Å²) in [6, 6.07) is 9.65. The summed E-state index contributed by atoms with van der Waals surface area (Å²) in [6.45, 7) is 0. The second-order valence-corrected chi connectivity index (χ2v) is 6.12. The van der Waals surface area contributed by atoms with Crippen molar-refractivity contribution in [3.8, 4) is 0 Å². The van der Waals surface area contributed by atoms with Crippen molar-refractivity contribution in [2.24, 2.45) is 17.8 Å². The van der Waals surface area contributed by atoms with E-state index in [2.05, 4.69) is 16.2 Å². The number of carbonyl (C=O) groups excluding carboxylic acids is 1. The second-order valence-electron chi connectivity index (χ2n) is 5.72. The van der Waals surface area contributed by atoms with Crippen molar-refractivity contribution < 1.29 is 4.79 Å². The molecule has 0 aromatic heterocycles. The number of benzene rings is 1. The van der Waals surface area contributed by atoms with Gasteiger partial charge in [-0.3, -0.25) is 15.6 Å². The Labute approximate surface area is 124 Å². The van der Waals surface area contributed by atoms with E-state index in [1.165, 1.54) is 19.3 Å². The monoisotopic (exact) mass is 289 g/mol. The molecule has 1 aromatic rings. The average Bonchev–Trinajstić information content (AvgIpc) is 3.08. The Balaban J connectivity index is 1.45. The lowest BCUT2D eigenvalue weighted by Crippen LogP contribution is -2.47. The van der Waals surface area contributed by atoms with E-state index in [1.54, 1.807) is 0 Å². The van der Waals surface area contributed by atoms with Gasteiger partial charge in [0.25, 0.3) is 0 Å². The molecule has 20 heavy (non-hydrogen) atoms. The summed E-state index contributed by atoms with van der Waals surface area (Å²) in [5, 5.41) is 3.44. The first-order valence-corrected chi connectivity index (χ1v) is 7.55. The van der Waals surface area contributed by atoms with Crippen LogP contribution in [-0.2, 0) is 4.79 Å². The number of fused-ring (bicyclic) bond motifs is 2. The Morgan fingerprint density at radius 1 is 1.10 bits per heavy atom. The van der Waals surface area contributed by atoms with Gasteiger partial charge >= 0.3 is 0 Å². The van der Waals surface area contributed by atoms with Crippen LogP contribution < -0.4 is 16.2 Å². The smallest absolute Gasteiger partial charge is 0.241 e. The van der Waals surface area contributed by atoms with Crippen molar-refractivity contribution in [1.29, 1.82) is 0 Å². The minimum Gasteiger partial charge on any atom is -0.331 e. The van der Waals surface area contributed by atoms with E-state index in [1.807, 2.05) is 30.3 Å². The number of nitrogens with one attached hydrogen (secondary N) is 3. The predicted octanol–water partition coefficient (Wildman–Crippen LogP) is 2.44. The van der Waals surface area contributed by atoms with Gasteiger partial charge in [-0.2, -0.15) is 0 Å². The van der Waals surface area contributed by atoms with Crippen molar-refractivity contribution in [2.75, 3.05) is 5.32 Å². The second kappa shape index (κ2) is 5.79. The number of rotatable bonds is 2. The third-order valence-corrected chi connectivity index (χ3v) is 4.61. The molecule has 0 heterocycles. The molecule has 2 bridgehead atoms. The lowest BCUT2D eigenvalue weighted by molar-refractivity contribution is -0.127. The van der Waals surface area contributed by atoms with E-state index in [0.29, 0.717) is 11.0 Å². The maximum atomic E-state index is 12.1. The summed E-state index contributed by atoms with van der Waals surface area (Å²) in [5.74, 6) is 1.60. The highest BCUT2D eigenvalue weighted by molar-refractivity contribution is 7.80. The highest BCUT2D eigenvalue weighted by Gasteiger charge is 2.43. The molecule has 3 rings (SSSR count). The van der Waals surface area contributed by atoms with Crippen molar-refractivity contribution in [3.63, 3.8) is 0 Å². The molecule has 0 saturated heterocycles. The van der Waals surface area contributed by atoms with Gasteiger partial charge in [0, 0.05) is 11.6 Å². The minimum absolute atomic E-state index is 0.0782. The largest absolute Gasteiger partial charge is 0.331 e. The Morgan fingerprint density at radius 2 is 1.90 bits per heavy atom. The third kappa shape index (κ3) is 2.93. The van der Waals surface area contributed by atoms with Crippen LogP contribution in [0.5, 0.6) is 0 Å². The summed E-state index contributed by atoms with van der Waals surface area (Å²) in [6.07, 6.45) is 4.77. The van der Waals surface area contributed by atoms with E-state index >= 15 is 0 Å². The number of thiocarbonyl (C=S) groups is 1. The summed E-state index contributed by atoms with van der Waals surface area (Å²) in [4.78, 5) is 12.1. The zero-order valence-corrected chi connectivity index (χ0v) is 12.1. The molecule has 106 valence electrons. The lowest BCUT2D eigenvalue weighted by Gasteiger charge is -2.21. The van der Waals surface area contributed by atoms with Gasteiger partial charge in [-0.1, -0.05) is 24.6 Å². The molecular formula is C15H19N3OS. The molecule has 1 aromatic carbocycles. The van der Waals surface area contributed by atoms with Crippen LogP contribution in [0, 0.1) is 17.8 Å². The van der Waals surface area contributed by atoms with Gasteiger partial charge in [0.2, 0.25) is 5.91 Å². The van der Waals surface area contributed by atoms with Gasteiger partial charge in [-0.15, -0.1) is 0 Å². The molecule has 2 aliphatic carbocycles. The predicted molar refractivity (Wildman–Crippen MR) is 82.9 cm³/mol. The molecular weight excluding hydrogens is 270 g/mol. The first-order chi connectivity index (χ1) is 9.72. The molecule has 2 saturated carbocycles. The zero-order valence-electron chi connectivity index (χ0n) is 11.3. The number of anilines is 1. The normalized spacial score (nSPS) is 27.1. The SMILES string of the molecule is O=C(NNC(=S)Nc1ccccc1)[C@H]1C[C@H]2CC[C@H]1C2. The van der Waals surface area contributed by atoms with E-state index in [-0.39, 0.29) is 11.8 Å². The Bertz CT molecular complexity index is 505. The van der Waals surface area contributed by atoms with Crippen LogP contribution in [0.3, 0.4) is 0 Å². The fourth-order valence-corrected chi connectivity index (χ4v) is 3.63. The molecule has 2 aliphatic rings. The van der Waals surface area contributed by atoms with Crippen molar-refractivity contribution in [3.05, 3.63) is 30.3 Å². The van der Waals surface area contributed by atoms with E-state index < -0.39 is 0 Å². The van der Waals surface area contributed by atoms with E-state index in [0.717, 1.165) is 18.0 Å². The maximum Gasteiger partial charge on any atom is 0.241 e. The van der Waals surface area contributed by atoms with Crippen molar-refractivity contribution >= 4 is 28.9 Å². The summed E-state index contributed by atoms with van der Waals surface area (Å²) in [5.41, 5.74) is 6.43. The number of para-hydroxylation sites is 1. The quantitative estimate of drug-likeness (QED) is 0.578. The first kappa shape index (κ1) is 13.4. The molecule has 0 unspecified atom stereocenters. The van der Waals surface area contributed by atoms with Crippen LogP contribution in [0.4, 0.5) is 5.69 Å². The molecule has 0 aliphatic heterocycles. The molecule has 3 N–H and O–H groups in total. The highest BCUT2D eigenvalue weighted by Crippen LogP contribution is 2.48. The van der Waals surface area contributed by atoms with Crippen molar-refractivity contribution in [1.82, 2.24) is 10.9 Å². The van der Waals surface area contributed by atoms with Gasteiger partial charge in [-0.25, -0.2) is 0 Å². The average molecular weight is 289 g/mol. The standard InChI is InChI=1S/C15H19N3OS/c19-14(13-9-10-6-7-11(13)8-10)17-18-15(20)16-12-4-2-1-3-5-12/h1-5,10-11,13H,6-9H2,(H,17,19)(H2,16,18,20)/t10-,11-,13-/m0/s1. The number of hydrogen-bond acceptors (Lipinski definition) is 2. The number of amides is 1.